The maximum absolute atomic E-state index is 13.4. The number of Topliss-reactive ketones (excluding diaryl/α,β-unsaturated/α-hetero) is 1. The lowest BCUT2D eigenvalue weighted by atomic mass is 9.44. The number of rotatable bonds is 5. The van der Waals surface area contributed by atoms with Crippen LogP contribution in [-0.2, 0) is 4.79 Å². The second-order valence-electron chi connectivity index (χ2n) is 12.4. The molecule has 8 atom stereocenters. The average molecular weight is 387 g/mol. The molecule has 160 valence electrons. The van der Waals surface area contributed by atoms with Crippen molar-refractivity contribution in [2.75, 3.05) is 0 Å². The van der Waals surface area contributed by atoms with E-state index in [9.17, 15) is 4.79 Å². The van der Waals surface area contributed by atoms with Crippen LogP contribution in [0.1, 0.15) is 112 Å². The van der Waals surface area contributed by atoms with E-state index in [1.165, 1.54) is 70.6 Å². The van der Waals surface area contributed by atoms with Crippen molar-refractivity contribution < 1.29 is 4.79 Å². The van der Waals surface area contributed by atoms with Crippen molar-refractivity contribution in [3.8, 4) is 0 Å². The van der Waals surface area contributed by atoms with Crippen LogP contribution in [0.15, 0.2) is 0 Å². The van der Waals surface area contributed by atoms with E-state index in [-0.39, 0.29) is 0 Å². The van der Waals surface area contributed by atoms with E-state index in [4.69, 9.17) is 0 Å². The van der Waals surface area contributed by atoms with E-state index >= 15 is 0 Å². The van der Waals surface area contributed by atoms with Crippen LogP contribution in [0.25, 0.3) is 0 Å². The molecule has 0 heterocycles. The van der Waals surface area contributed by atoms with Gasteiger partial charge >= 0.3 is 0 Å². The Morgan fingerprint density at radius 1 is 0.929 bits per heavy atom. The molecule has 28 heavy (non-hydrogen) atoms. The van der Waals surface area contributed by atoms with Gasteiger partial charge in [-0.15, -0.1) is 0 Å². The highest BCUT2D eigenvalue weighted by Crippen LogP contribution is 2.67. The fourth-order valence-corrected chi connectivity index (χ4v) is 9.03. The van der Waals surface area contributed by atoms with E-state index in [1.807, 2.05) is 0 Å². The minimum Gasteiger partial charge on any atom is -0.299 e. The van der Waals surface area contributed by atoms with Crippen LogP contribution in [0.5, 0.6) is 0 Å². The number of hydrogen-bond acceptors (Lipinski definition) is 1. The molecule has 0 bridgehead atoms. The van der Waals surface area contributed by atoms with Crippen LogP contribution in [0.4, 0.5) is 0 Å². The maximum Gasteiger partial charge on any atom is 0.137 e. The summed E-state index contributed by atoms with van der Waals surface area (Å²) in [6.07, 6.45) is 16.2. The fourth-order valence-electron chi connectivity index (χ4n) is 9.03. The summed E-state index contributed by atoms with van der Waals surface area (Å²) < 4.78 is 0. The Morgan fingerprint density at radius 2 is 1.71 bits per heavy atom. The first-order valence-electron chi connectivity index (χ1n) is 12.8. The van der Waals surface area contributed by atoms with Crippen molar-refractivity contribution in [3.63, 3.8) is 0 Å². The zero-order valence-electron chi connectivity index (χ0n) is 19.4. The first kappa shape index (κ1) is 20.9. The van der Waals surface area contributed by atoms with Crippen LogP contribution in [-0.4, -0.2) is 5.78 Å². The Labute approximate surface area is 174 Å². The van der Waals surface area contributed by atoms with Crippen LogP contribution >= 0.6 is 0 Å². The highest BCUT2D eigenvalue weighted by Gasteiger charge is 2.62. The average Bonchev–Trinajstić information content (AvgIpc) is 2.92. The summed E-state index contributed by atoms with van der Waals surface area (Å²) in [6, 6.07) is 0. The minimum absolute atomic E-state index is 0.299. The Kier molecular flexibility index (Phi) is 5.78. The molecular formula is C27H46O. The number of hydrogen-bond donors (Lipinski definition) is 0. The largest absolute Gasteiger partial charge is 0.299 e. The van der Waals surface area contributed by atoms with Crippen molar-refractivity contribution in [3.05, 3.63) is 0 Å². The number of carbonyl (C=O) groups excluding carboxylic acids is 1. The summed E-state index contributed by atoms with van der Waals surface area (Å²) in [6.45, 7) is 12.3. The summed E-state index contributed by atoms with van der Waals surface area (Å²) in [5, 5.41) is 0. The molecule has 4 fully saturated rings. The van der Waals surface area contributed by atoms with Crippen molar-refractivity contribution in [1.29, 1.82) is 0 Å². The SMILES string of the molecule is CC(C)CCC[C@@H](C)[C@H]1CC(=O)[C@@H]2[C@@H]3CCC4CCCC[C@]4(C)[C@H]3CC[C@]12C. The molecule has 0 spiro atoms. The fraction of sp³-hybridized carbons (Fsp3) is 0.963. The summed E-state index contributed by atoms with van der Waals surface area (Å²) in [7, 11) is 0. The molecule has 1 heteroatoms. The molecule has 0 aromatic heterocycles. The molecule has 0 aliphatic heterocycles. The van der Waals surface area contributed by atoms with Gasteiger partial charge < -0.3 is 0 Å². The second kappa shape index (κ2) is 7.73. The predicted octanol–water partition coefficient (Wildman–Crippen LogP) is 7.68. The van der Waals surface area contributed by atoms with Gasteiger partial charge in [0.1, 0.15) is 5.78 Å². The molecule has 4 saturated carbocycles. The molecule has 0 aromatic carbocycles. The Morgan fingerprint density at radius 3 is 2.46 bits per heavy atom. The standard InChI is InChI=1S/C27H46O/c1-18(2)9-8-10-19(3)23-17-24(28)25-21-13-12-20-11-6-7-15-26(20,4)22(21)14-16-27(23,25)5/h18-23,25H,6-17H2,1-5H3/t19-,20?,21-,22+,23-,25+,26+,27-/m1/s1. The van der Waals surface area contributed by atoms with E-state index in [2.05, 4.69) is 34.6 Å². The third-order valence-electron chi connectivity index (χ3n) is 10.5. The summed E-state index contributed by atoms with van der Waals surface area (Å²) in [5.41, 5.74) is 0.844. The molecule has 4 aliphatic rings. The van der Waals surface area contributed by atoms with Gasteiger partial charge in [-0.25, -0.2) is 0 Å². The van der Waals surface area contributed by atoms with Crippen molar-refractivity contribution in [1.82, 2.24) is 0 Å². The first-order valence-corrected chi connectivity index (χ1v) is 12.8. The van der Waals surface area contributed by atoms with Gasteiger partial charge in [-0.05, 0) is 84.9 Å². The van der Waals surface area contributed by atoms with E-state index in [0.717, 1.165) is 30.1 Å². The van der Waals surface area contributed by atoms with Gasteiger partial charge in [-0.1, -0.05) is 66.7 Å². The minimum atomic E-state index is 0.299. The van der Waals surface area contributed by atoms with E-state index < -0.39 is 0 Å². The van der Waals surface area contributed by atoms with Crippen molar-refractivity contribution >= 4 is 5.78 Å². The quantitative estimate of drug-likeness (QED) is 0.473. The molecule has 1 unspecified atom stereocenters. The van der Waals surface area contributed by atoms with Crippen LogP contribution in [0.2, 0.25) is 0 Å². The van der Waals surface area contributed by atoms with Gasteiger partial charge in [-0.3, -0.25) is 4.79 Å². The van der Waals surface area contributed by atoms with Crippen LogP contribution < -0.4 is 0 Å². The van der Waals surface area contributed by atoms with Crippen molar-refractivity contribution in [2.24, 2.45) is 52.3 Å². The van der Waals surface area contributed by atoms with Crippen molar-refractivity contribution in [2.45, 2.75) is 112 Å². The molecule has 0 aromatic rings. The summed E-state index contributed by atoms with van der Waals surface area (Å²) in [5.74, 6) is 5.73. The van der Waals surface area contributed by atoms with Gasteiger partial charge in [-0.2, -0.15) is 0 Å². The zero-order valence-corrected chi connectivity index (χ0v) is 19.4. The Bertz CT molecular complexity index is 579. The molecule has 0 radical (unpaired) electrons. The highest BCUT2D eigenvalue weighted by atomic mass is 16.1. The summed E-state index contributed by atoms with van der Waals surface area (Å²) >= 11 is 0. The van der Waals surface area contributed by atoms with Crippen LogP contribution in [0, 0.1) is 52.3 Å². The molecule has 0 amide bonds. The monoisotopic (exact) mass is 386 g/mol. The molecule has 1 nitrogen and oxygen atoms in total. The molecule has 4 rings (SSSR count). The molecule has 0 saturated heterocycles. The van der Waals surface area contributed by atoms with Gasteiger partial charge in [0.2, 0.25) is 0 Å². The highest BCUT2D eigenvalue weighted by molar-refractivity contribution is 5.85. The van der Waals surface area contributed by atoms with Gasteiger partial charge in [0.05, 0.1) is 0 Å². The predicted molar refractivity (Wildman–Crippen MR) is 118 cm³/mol. The van der Waals surface area contributed by atoms with Gasteiger partial charge in [0.15, 0.2) is 0 Å². The molecular weight excluding hydrogens is 340 g/mol. The molecule has 4 aliphatic carbocycles. The maximum atomic E-state index is 13.4. The summed E-state index contributed by atoms with van der Waals surface area (Å²) in [4.78, 5) is 13.4. The third-order valence-corrected chi connectivity index (χ3v) is 10.5. The Hall–Kier alpha value is -0.330. The lowest BCUT2D eigenvalue weighted by molar-refractivity contribution is -0.141. The molecule has 0 N–H and O–H groups in total. The zero-order chi connectivity index (χ0) is 20.1. The van der Waals surface area contributed by atoms with E-state index in [0.29, 0.717) is 34.4 Å². The normalized spacial score (nSPS) is 46.8. The second-order valence-corrected chi connectivity index (χ2v) is 12.4. The van der Waals surface area contributed by atoms with E-state index in [1.54, 1.807) is 0 Å². The lowest BCUT2D eigenvalue weighted by Crippen LogP contribution is -2.54. The Balaban J connectivity index is 1.52. The van der Waals surface area contributed by atoms with Gasteiger partial charge in [0.25, 0.3) is 0 Å². The third kappa shape index (κ3) is 3.31. The number of fused-ring (bicyclic) bond motifs is 5. The number of ketones is 1. The first-order chi connectivity index (χ1) is 13.3. The smallest absolute Gasteiger partial charge is 0.137 e. The lowest BCUT2D eigenvalue weighted by Gasteiger charge is -2.60. The van der Waals surface area contributed by atoms with Gasteiger partial charge in [0, 0.05) is 12.3 Å². The topological polar surface area (TPSA) is 17.1 Å². The number of carbonyl (C=O) groups is 1. The van der Waals surface area contributed by atoms with Crippen LogP contribution in [0.3, 0.4) is 0 Å².